The highest BCUT2D eigenvalue weighted by molar-refractivity contribution is 6.32. The molecule has 10 nitrogen and oxygen atoms in total. The molecular weight excluding hydrogens is 436 g/mol. The predicted octanol–water partition coefficient (Wildman–Crippen LogP) is 1.62. The number of halogens is 1. The molecule has 0 saturated heterocycles. The molecule has 0 saturated carbocycles. The van der Waals surface area contributed by atoms with Crippen LogP contribution in [0.1, 0.15) is 45.0 Å². The first-order valence-electron chi connectivity index (χ1n) is 9.01. The van der Waals surface area contributed by atoms with Crippen LogP contribution in [0.3, 0.4) is 0 Å². The summed E-state index contributed by atoms with van der Waals surface area (Å²) in [5, 5.41) is 10.0. The number of ether oxygens (including phenoxy) is 4. The number of para-hydroxylation sites is 1. The summed E-state index contributed by atoms with van der Waals surface area (Å²) < 4.78 is 20.5. The first-order chi connectivity index (χ1) is 14.3. The van der Waals surface area contributed by atoms with E-state index in [-0.39, 0.29) is 16.3 Å². The van der Waals surface area contributed by atoms with Gasteiger partial charge in [0.1, 0.15) is 0 Å². The van der Waals surface area contributed by atoms with E-state index >= 15 is 0 Å². The van der Waals surface area contributed by atoms with Crippen molar-refractivity contribution < 1.29 is 48.0 Å². The molecule has 0 aliphatic carbocycles. The Morgan fingerprint density at radius 3 is 2.10 bits per heavy atom. The lowest BCUT2D eigenvalue weighted by molar-refractivity contribution is -0.215. The Morgan fingerprint density at radius 2 is 1.65 bits per heavy atom. The first kappa shape index (κ1) is 26.1. The molecule has 1 rings (SSSR count). The van der Waals surface area contributed by atoms with E-state index in [9.17, 15) is 29.1 Å². The molecule has 0 aliphatic heterocycles. The van der Waals surface area contributed by atoms with Crippen molar-refractivity contribution in [1.29, 1.82) is 0 Å². The SMILES string of the molecule is CC(=O)O[C@H]([C@@H](C)O)[C@H](OC(C)=O)[C@@](C)(OC(C)=O)C(=O)Oc1c(Cl)cccc1C=O. The van der Waals surface area contributed by atoms with Crippen LogP contribution in [0.5, 0.6) is 5.75 Å². The van der Waals surface area contributed by atoms with Crippen molar-refractivity contribution in [3.05, 3.63) is 28.8 Å². The van der Waals surface area contributed by atoms with Gasteiger partial charge in [-0.1, -0.05) is 17.7 Å². The Bertz CT molecular complexity index is 866. The highest BCUT2D eigenvalue weighted by Crippen LogP contribution is 2.32. The monoisotopic (exact) mass is 458 g/mol. The van der Waals surface area contributed by atoms with Gasteiger partial charge in [0.25, 0.3) is 0 Å². The van der Waals surface area contributed by atoms with Crippen LogP contribution < -0.4 is 4.74 Å². The molecule has 1 N–H and O–H groups in total. The molecule has 0 bridgehead atoms. The predicted molar refractivity (Wildman–Crippen MR) is 105 cm³/mol. The summed E-state index contributed by atoms with van der Waals surface area (Å²) in [6, 6.07) is 4.12. The summed E-state index contributed by atoms with van der Waals surface area (Å²) in [6.45, 7) is 5.26. The number of aliphatic hydroxyl groups is 1. The summed E-state index contributed by atoms with van der Waals surface area (Å²) in [7, 11) is 0. The van der Waals surface area contributed by atoms with Crippen molar-refractivity contribution in [3.8, 4) is 5.75 Å². The molecule has 170 valence electrons. The number of aldehydes is 1. The molecule has 0 spiro atoms. The van der Waals surface area contributed by atoms with E-state index in [1.54, 1.807) is 0 Å². The fourth-order valence-electron chi connectivity index (χ4n) is 2.71. The van der Waals surface area contributed by atoms with E-state index in [0.717, 1.165) is 27.7 Å². The number of carbonyl (C=O) groups is 5. The molecule has 0 amide bonds. The zero-order valence-corrected chi connectivity index (χ0v) is 18.3. The molecule has 0 aliphatic rings. The van der Waals surface area contributed by atoms with Gasteiger partial charge in [-0.3, -0.25) is 19.2 Å². The zero-order valence-electron chi connectivity index (χ0n) is 17.5. The summed E-state index contributed by atoms with van der Waals surface area (Å²) in [4.78, 5) is 59.5. The summed E-state index contributed by atoms with van der Waals surface area (Å²) in [6.07, 6.45) is -4.50. The second kappa shape index (κ2) is 10.9. The molecule has 0 fully saturated rings. The molecule has 1 aromatic carbocycles. The van der Waals surface area contributed by atoms with Crippen molar-refractivity contribution >= 4 is 41.8 Å². The standard InChI is InChI=1S/C20H23ClO10/c1-10(23)16(28-11(2)24)18(29-12(3)25)20(5,31-13(4)26)19(27)30-17-14(9-22)7-6-8-15(17)21/h6-10,16,18,23H,1-5H3/t10-,16-,18+,20-/m1/s1. The van der Waals surface area contributed by atoms with Crippen LogP contribution in [0, 0.1) is 0 Å². The third-order valence-corrected chi connectivity index (χ3v) is 4.29. The molecule has 0 radical (unpaired) electrons. The van der Waals surface area contributed by atoms with Crippen molar-refractivity contribution in [2.45, 2.75) is 58.5 Å². The van der Waals surface area contributed by atoms with E-state index in [1.807, 2.05) is 0 Å². The quantitative estimate of drug-likeness (QED) is 0.251. The molecule has 4 atom stereocenters. The van der Waals surface area contributed by atoms with Gasteiger partial charge in [-0.15, -0.1) is 0 Å². The van der Waals surface area contributed by atoms with Gasteiger partial charge in [0.15, 0.2) is 24.2 Å². The number of rotatable bonds is 9. The maximum Gasteiger partial charge on any atom is 0.359 e. The van der Waals surface area contributed by atoms with Crippen molar-refractivity contribution in [2.75, 3.05) is 0 Å². The topological polar surface area (TPSA) is 143 Å². The Balaban J connectivity index is 3.57. The normalized spacial score (nSPS) is 15.5. The fourth-order valence-corrected chi connectivity index (χ4v) is 2.93. The Morgan fingerprint density at radius 1 is 1.06 bits per heavy atom. The number of hydrogen-bond donors (Lipinski definition) is 1. The van der Waals surface area contributed by atoms with Crippen LogP contribution in [-0.4, -0.2) is 59.2 Å². The lowest BCUT2D eigenvalue weighted by Crippen LogP contribution is -2.61. The molecule has 0 unspecified atom stereocenters. The number of benzene rings is 1. The lowest BCUT2D eigenvalue weighted by atomic mass is 9.91. The van der Waals surface area contributed by atoms with Gasteiger partial charge in [-0.05, 0) is 26.0 Å². The highest BCUT2D eigenvalue weighted by atomic mass is 35.5. The minimum atomic E-state index is -2.41. The maximum atomic E-state index is 13.1. The van der Waals surface area contributed by atoms with Gasteiger partial charge >= 0.3 is 23.9 Å². The van der Waals surface area contributed by atoms with Gasteiger partial charge in [0.2, 0.25) is 5.60 Å². The highest BCUT2D eigenvalue weighted by Gasteiger charge is 2.55. The van der Waals surface area contributed by atoms with Crippen molar-refractivity contribution in [3.63, 3.8) is 0 Å². The van der Waals surface area contributed by atoms with E-state index in [2.05, 4.69) is 0 Å². The van der Waals surface area contributed by atoms with Gasteiger partial charge in [-0.25, -0.2) is 4.79 Å². The Hall–Kier alpha value is -2.98. The van der Waals surface area contributed by atoms with Gasteiger partial charge < -0.3 is 24.1 Å². The average Bonchev–Trinajstić information content (AvgIpc) is 2.64. The number of aliphatic hydroxyl groups excluding tert-OH is 1. The van der Waals surface area contributed by atoms with Gasteiger partial charge in [-0.2, -0.15) is 0 Å². The van der Waals surface area contributed by atoms with Crippen LogP contribution in [0.2, 0.25) is 5.02 Å². The van der Waals surface area contributed by atoms with Crippen LogP contribution >= 0.6 is 11.6 Å². The van der Waals surface area contributed by atoms with Crippen LogP contribution in [-0.2, 0) is 33.4 Å². The van der Waals surface area contributed by atoms with E-state index in [0.29, 0.717) is 6.29 Å². The van der Waals surface area contributed by atoms with Gasteiger partial charge in [0.05, 0.1) is 16.7 Å². The minimum absolute atomic E-state index is 0.0814. The van der Waals surface area contributed by atoms with Crippen LogP contribution in [0.25, 0.3) is 0 Å². The van der Waals surface area contributed by atoms with Crippen molar-refractivity contribution in [1.82, 2.24) is 0 Å². The third-order valence-electron chi connectivity index (χ3n) is 3.99. The largest absolute Gasteiger partial charge is 0.456 e. The average molecular weight is 459 g/mol. The molecule has 1 aromatic rings. The third kappa shape index (κ3) is 6.76. The maximum absolute atomic E-state index is 13.1. The summed E-state index contributed by atoms with van der Waals surface area (Å²) in [5.74, 6) is -4.40. The second-order valence-electron chi connectivity index (χ2n) is 6.71. The molecule has 11 heteroatoms. The van der Waals surface area contributed by atoms with Crippen LogP contribution in [0.4, 0.5) is 0 Å². The smallest absolute Gasteiger partial charge is 0.359 e. The van der Waals surface area contributed by atoms with Crippen LogP contribution in [0.15, 0.2) is 18.2 Å². The Labute approximate surface area is 183 Å². The number of esters is 4. The molecule has 31 heavy (non-hydrogen) atoms. The fraction of sp³-hybridized carbons (Fsp3) is 0.450. The van der Waals surface area contributed by atoms with E-state index in [1.165, 1.54) is 25.1 Å². The summed E-state index contributed by atoms with van der Waals surface area (Å²) in [5.41, 5.74) is -2.49. The molecular formula is C20H23ClO10. The lowest BCUT2D eigenvalue weighted by Gasteiger charge is -2.38. The molecule has 0 heterocycles. The van der Waals surface area contributed by atoms with E-state index < -0.39 is 47.8 Å². The Kier molecular flexibility index (Phi) is 9.14. The minimum Gasteiger partial charge on any atom is -0.456 e. The van der Waals surface area contributed by atoms with Gasteiger partial charge in [0, 0.05) is 20.8 Å². The van der Waals surface area contributed by atoms with Crippen molar-refractivity contribution in [2.24, 2.45) is 0 Å². The first-order valence-corrected chi connectivity index (χ1v) is 9.39. The van der Waals surface area contributed by atoms with E-state index in [4.69, 9.17) is 30.5 Å². The number of hydrogen-bond acceptors (Lipinski definition) is 10. The zero-order chi connectivity index (χ0) is 23.9. The second-order valence-corrected chi connectivity index (χ2v) is 7.12. The molecule has 0 aromatic heterocycles. The summed E-state index contributed by atoms with van der Waals surface area (Å²) >= 11 is 6.02. The number of carbonyl (C=O) groups excluding carboxylic acids is 5.